The number of alkyl halides is 4. The number of rotatable bonds is 0. The Morgan fingerprint density at radius 1 is 1.50 bits per heavy atom. The average molecular weight is 170 g/mol. The van der Waals surface area contributed by atoms with Crippen molar-refractivity contribution in [3.63, 3.8) is 0 Å². The average Bonchev–Trinajstić information content (AvgIpc) is 1.25. The summed E-state index contributed by atoms with van der Waals surface area (Å²) in [6.45, 7) is 0. The molecule has 0 aromatic heterocycles. The van der Waals surface area contributed by atoms with Crippen molar-refractivity contribution in [2.24, 2.45) is 0 Å². The van der Waals surface area contributed by atoms with Crippen LogP contribution in [-0.4, -0.2) is 9.62 Å². The molecule has 0 nitrogen and oxygen atoms in total. The molecule has 0 aromatic carbocycles. The van der Waals surface area contributed by atoms with E-state index in [9.17, 15) is 0 Å². The normalized spacial score (nSPS) is 19.3. The van der Waals surface area contributed by atoms with Crippen molar-refractivity contribution < 1.29 is 2.74 Å². The van der Waals surface area contributed by atoms with Crippen LogP contribution in [0, 0.1) is 0 Å². The molecule has 0 saturated heterocycles. The van der Waals surface area contributed by atoms with Crippen molar-refractivity contribution in [3.05, 3.63) is 0 Å². The Balaban J connectivity index is 4.02. The lowest BCUT2D eigenvalue weighted by Crippen LogP contribution is -2.01. The molecule has 0 aliphatic heterocycles. The van der Waals surface area contributed by atoms with Crippen molar-refractivity contribution in [1.82, 2.24) is 0 Å². The van der Waals surface area contributed by atoms with E-state index in [1.807, 2.05) is 0 Å². The summed E-state index contributed by atoms with van der Waals surface area (Å²) >= 11 is 20.0. The molecule has 0 radical (unpaired) electrons. The van der Waals surface area contributed by atoms with Gasteiger partial charge in [-0.15, -0.1) is 11.6 Å². The Labute approximate surface area is 59.1 Å². The van der Waals surface area contributed by atoms with E-state index in [-0.39, 0.29) is 0 Å². The van der Waals surface area contributed by atoms with Crippen molar-refractivity contribution >= 4 is 46.4 Å². The first kappa shape index (κ1) is 4.08. The van der Waals surface area contributed by atoms with Crippen molar-refractivity contribution in [3.8, 4) is 0 Å². The predicted octanol–water partition coefficient (Wildman–Crippen LogP) is 2.60. The molecule has 0 atom stereocenters. The minimum atomic E-state index is -2.29. The zero-order valence-corrected chi connectivity index (χ0v) is 5.54. The van der Waals surface area contributed by atoms with Crippen LogP contribution in [0.2, 0.25) is 0 Å². The number of hydrogen-bond donors (Lipinski definition) is 0. The molecule has 0 N–H and O–H groups in total. The highest BCUT2D eigenvalue weighted by Crippen LogP contribution is 2.26. The largest absolute Gasteiger partial charge is 0.203 e. The third-order valence-electron chi connectivity index (χ3n) is 0.107. The first-order valence-corrected chi connectivity index (χ1v) is 2.52. The Bertz CT molecular complexity index is 67.0. The summed E-state index contributed by atoms with van der Waals surface area (Å²) in [6.07, 6.45) is 0. The van der Waals surface area contributed by atoms with Crippen LogP contribution >= 0.6 is 46.4 Å². The minimum absolute atomic E-state index is 2.05. The van der Waals surface area contributed by atoms with Gasteiger partial charge in [0.05, 0.1) is 5.83 Å². The highest BCUT2D eigenvalue weighted by molar-refractivity contribution is 6.69. The van der Waals surface area contributed by atoms with Gasteiger partial charge in [-0.2, -0.15) is 0 Å². The van der Waals surface area contributed by atoms with Crippen LogP contribution in [0.1, 0.15) is 2.74 Å². The molecule has 0 unspecified atom stereocenters. The molecule has 6 heavy (non-hydrogen) atoms. The fourth-order valence-corrected chi connectivity index (χ4v) is 0. The van der Waals surface area contributed by atoms with Gasteiger partial charge < -0.3 is 0 Å². The molecule has 0 saturated carbocycles. The fraction of sp³-hybridized carbons (Fsp3) is 1.00. The molecule has 0 aromatic rings. The maximum Gasteiger partial charge on any atom is 0.203 e. The Hall–Kier alpha value is 1.16. The molecular weight excluding hydrogens is 166 g/mol. The van der Waals surface area contributed by atoms with Gasteiger partial charge in [-0.05, 0) is 0 Å². The van der Waals surface area contributed by atoms with Crippen LogP contribution < -0.4 is 0 Å². The second-order valence-corrected chi connectivity index (χ2v) is 3.06. The van der Waals surface area contributed by atoms with E-state index in [0.717, 1.165) is 0 Å². The van der Waals surface area contributed by atoms with Crippen molar-refractivity contribution in [1.29, 1.82) is 0 Å². The van der Waals surface area contributed by atoms with Gasteiger partial charge in [0.25, 0.3) is 0 Å². The van der Waals surface area contributed by atoms with E-state index in [4.69, 9.17) is 49.1 Å². The number of hydrogen-bond acceptors (Lipinski definition) is 0. The lowest BCUT2D eigenvalue weighted by Gasteiger charge is -2.00. The van der Waals surface area contributed by atoms with Gasteiger partial charge in [-0.25, -0.2) is 0 Å². The third kappa shape index (κ3) is 5.16. The first-order chi connectivity index (χ1) is 3.25. The van der Waals surface area contributed by atoms with Crippen LogP contribution in [0.5, 0.6) is 0 Å². The van der Waals surface area contributed by atoms with Gasteiger partial charge in [0.2, 0.25) is 3.79 Å². The molecule has 38 valence electrons. The van der Waals surface area contributed by atoms with Crippen molar-refractivity contribution in [2.45, 2.75) is 3.79 Å². The molecule has 0 spiro atoms. The van der Waals surface area contributed by atoms with E-state index in [2.05, 4.69) is 0 Å². The third-order valence-corrected chi connectivity index (χ3v) is 0.964. The van der Waals surface area contributed by atoms with Crippen LogP contribution in [-0.2, 0) is 0 Å². The molecule has 0 rings (SSSR count). The zero-order valence-electron chi connectivity index (χ0n) is 4.51. The second kappa shape index (κ2) is 2.46. The monoisotopic (exact) mass is 168 g/mol. The molecule has 0 amide bonds. The Morgan fingerprint density at radius 2 is 1.67 bits per heavy atom. The summed E-state index contributed by atoms with van der Waals surface area (Å²) in [5.41, 5.74) is 0. The lowest BCUT2D eigenvalue weighted by atomic mass is 10.9. The summed E-state index contributed by atoms with van der Waals surface area (Å²) in [5, 5.41) is 0. The molecular formula is C2H2Cl4. The minimum Gasteiger partial charge on any atom is -0.122 e. The van der Waals surface area contributed by atoms with E-state index >= 15 is 0 Å². The molecule has 4 heteroatoms. The topological polar surface area (TPSA) is 0 Å². The predicted molar refractivity (Wildman–Crippen MR) is 31.0 cm³/mol. The summed E-state index contributed by atoms with van der Waals surface area (Å²) in [6, 6.07) is 0. The van der Waals surface area contributed by atoms with Crippen LogP contribution in [0.3, 0.4) is 0 Å². The molecule has 0 aliphatic rings. The SMILES string of the molecule is [2H]C([2H])(Cl)C(Cl)(Cl)Cl. The van der Waals surface area contributed by atoms with Gasteiger partial charge in [0.15, 0.2) is 0 Å². The quantitative estimate of drug-likeness (QED) is 0.490. The summed E-state index contributed by atoms with van der Waals surface area (Å²) in [5.74, 6) is -2.29. The summed E-state index contributed by atoms with van der Waals surface area (Å²) in [7, 11) is 0. The Kier molecular flexibility index (Phi) is 1.68. The summed E-state index contributed by atoms with van der Waals surface area (Å²) < 4.78 is 11.2. The maximum atomic E-state index is 6.62. The Morgan fingerprint density at radius 3 is 1.67 bits per heavy atom. The van der Waals surface area contributed by atoms with Gasteiger partial charge in [-0.1, -0.05) is 34.8 Å². The van der Waals surface area contributed by atoms with Crippen LogP contribution in [0.15, 0.2) is 0 Å². The highest BCUT2D eigenvalue weighted by Gasteiger charge is 2.16. The van der Waals surface area contributed by atoms with E-state index in [0.29, 0.717) is 0 Å². The molecule has 0 bridgehead atoms. The van der Waals surface area contributed by atoms with Crippen LogP contribution in [0.4, 0.5) is 0 Å². The second-order valence-electron chi connectivity index (χ2n) is 0.592. The summed E-state index contributed by atoms with van der Waals surface area (Å²) in [4.78, 5) is 0. The zero-order chi connectivity index (χ0) is 7.00. The highest BCUT2D eigenvalue weighted by atomic mass is 35.6. The maximum absolute atomic E-state index is 6.62. The van der Waals surface area contributed by atoms with E-state index in [1.165, 1.54) is 0 Å². The smallest absolute Gasteiger partial charge is 0.122 e. The van der Waals surface area contributed by atoms with Gasteiger partial charge in [0, 0.05) is 2.74 Å². The molecule has 0 heterocycles. The van der Waals surface area contributed by atoms with Gasteiger partial charge in [0.1, 0.15) is 0 Å². The van der Waals surface area contributed by atoms with E-state index < -0.39 is 9.62 Å². The van der Waals surface area contributed by atoms with E-state index in [1.54, 1.807) is 0 Å². The molecule has 0 aliphatic carbocycles. The van der Waals surface area contributed by atoms with Gasteiger partial charge in [-0.3, -0.25) is 0 Å². The fourth-order valence-electron chi connectivity index (χ4n) is 0. The molecule has 0 fully saturated rings. The van der Waals surface area contributed by atoms with Crippen LogP contribution in [0.25, 0.3) is 0 Å². The lowest BCUT2D eigenvalue weighted by molar-refractivity contribution is 1.28. The number of halogens is 4. The standard InChI is InChI=1S/C2H2Cl4/c3-1-2(4,5)6/h1H2/i1D2. The van der Waals surface area contributed by atoms with Gasteiger partial charge >= 0.3 is 0 Å². The first-order valence-electron chi connectivity index (χ1n) is 2.01. The van der Waals surface area contributed by atoms with Crippen molar-refractivity contribution in [2.75, 3.05) is 5.83 Å².